The van der Waals surface area contributed by atoms with E-state index in [0.29, 0.717) is 5.56 Å². The van der Waals surface area contributed by atoms with Crippen LogP contribution in [-0.2, 0) is 0 Å². The van der Waals surface area contributed by atoms with Gasteiger partial charge in [-0.05, 0) is 6.07 Å². The predicted molar refractivity (Wildman–Crippen MR) is 62.2 cm³/mol. The number of fused-ring (bicyclic) bond motifs is 1. The molecular formula is C10H6Br2O2. The quantitative estimate of drug-likeness (QED) is 0.624. The fraction of sp³-hybridized carbons (Fsp3) is 0.100. The highest BCUT2D eigenvalue weighted by atomic mass is 79.9. The van der Waals surface area contributed by atoms with Gasteiger partial charge in [0, 0.05) is 5.39 Å². The molecule has 0 saturated heterocycles. The van der Waals surface area contributed by atoms with Gasteiger partial charge in [-0.3, -0.25) is 4.79 Å². The lowest BCUT2D eigenvalue weighted by Crippen LogP contribution is -2.05. The van der Waals surface area contributed by atoms with Gasteiger partial charge in [0.05, 0.1) is 5.56 Å². The molecule has 72 valence electrons. The van der Waals surface area contributed by atoms with Crippen LogP contribution in [0.2, 0.25) is 0 Å². The van der Waals surface area contributed by atoms with Gasteiger partial charge in [0.15, 0.2) is 5.78 Å². The van der Waals surface area contributed by atoms with Gasteiger partial charge < -0.3 is 4.42 Å². The van der Waals surface area contributed by atoms with Crippen LogP contribution in [0.4, 0.5) is 0 Å². The Balaban J connectivity index is 2.58. The van der Waals surface area contributed by atoms with Crippen molar-refractivity contribution in [2.45, 2.75) is 3.74 Å². The zero-order valence-electron chi connectivity index (χ0n) is 7.04. The van der Waals surface area contributed by atoms with Gasteiger partial charge in [-0.25, -0.2) is 0 Å². The van der Waals surface area contributed by atoms with Crippen LogP contribution in [0.15, 0.2) is 34.9 Å². The molecule has 0 unspecified atom stereocenters. The number of para-hydroxylation sites is 1. The number of alkyl halides is 2. The SMILES string of the molecule is O=C(c1coc2ccccc12)C(Br)Br. The van der Waals surface area contributed by atoms with Gasteiger partial charge in [-0.1, -0.05) is 50.1 Å². The molecule has 0 aliphatic rings. The van der Waals surface area contributed by atoms with Crippen molar-refractivity contribution in [3.63, 3.8) is 0 Å². The molecule has 0 radical (unpaired) electrons. The molecule has 14 heavy (non-hydrogen) atoms. The molecule has 2 aromatic rings. The summed E-state index contributed by atoms with van der Waals surface area (Å²) in [5.41, 5.74) is 1.33. The number of carbonyl (C=O) groups is 1. The van der Waals surface area contributed by atoms with Crippen molar-refractivity contribution >= 4 is 48.6 Å². The van der Waals surface area contributed by atoms with E-state index in [1.54, 1.807) is 0 Å². The average Bonchev–Trinajstić information content (AvgIpc) is 2.60. The van der Waals surface area contributed by atoms with Crippen LogP contribution in [0.1, 0.15) is 10.4 Å². The fourth-order valence-corrected chi connectivity index (χ4v) is 1.78. The number of carbonyl (C=O) groups excluding carboxylic acids is 1. The summed E-state index contributed by atoms with van der Waals surface area (Å²) in [5.74, 6) is -0.0325. The summed E-state index contributed by atoms with van der Waals surface area (Å²) in [7, 11) is 0. The number of Topliss-reactive ketones (excluding diaryl/α,β-unsaturated/α-hetero) is 1. The lowest BCUT2D eigenvalue weighted by molar-refractivity contribution is 0.101. The standard InChI is InChI=1S/C10H6Br2O2/c11-10(12)9(13)7-5-14-8-4-2-1-3-6(7)8/h1-5,10H. The Bertz CT molecular complexity index is 474. The molecule has 0 spiro atoms. The van der Waals surface area contributed by atoms with Crippen molar-refractivity contribution in [3.8, 4) is 0 Å². The van der Waals surface area contributed by atoms with Gasteiger partial charge in [-0.2, -0.15) is 0 Å². The minimum absolute atomic E-state index is 0.0325. The summed E-state index contributed by atoms with van der Waals surface area (Å²) in [6, 6.07) is 7.46. The number of hydrogen-bond acceptors (Lipinski definition) is 2. The van der Waals surface area contributed by atoms with Gasteiger partial charge in [0.1, 0.15) is 15.6 Å². The zero-order valence-corrected chi connectivity index (χ0v) is 10.2. The summed E-state index contributed by atoms with van der Waals surface area (Å²) in [6.45, 7) is 0. The Labute approximate surface area is 97.5 Å². The summed E-state index contributed by atoms with van der Waals surface area (Å²) in [6.07, 6.45) is 1.49. The Kier molecular flexibility index (Phi) is 2.74. The lowest BCUT2D eigenvalue weighted by Gasteiger charge is -1.97. The van der Waals surface area contributed by atoms with Gasteiger partial charge in [0.25, 0.3) is 0 Å². The fourth-order valence-electron chi connectivity index (χ4n) is 1.29. The molecule has 0 aliphatic heterocycles. The number of halogens is 2. The van der Waals surface area contributed by atoms with E-state index in [1.807, 2.05) is 24.3 Å². The molecule has 4 heteroatoms. The van der Waals surface area contributed by atoms with Crippen molar-refractivity contribution in [1.29, 1.82) is 0 Å². The first kappa shape index (κ1) is 9.93. The summed E-state index contributed by atoms with van der Waals surface area (Å²) in [5, 5.41) is 0.849. The maximum atomic E-state index is 11.7. The lowest BCUT2D eigenvalue weighted by atomic mass is 10.1. The Hall–Kier alpha value is -0.610. The molecule has 0 N–H and O–H groups in total. The van der Waals surface area contributed by atoms with Gasteiger partial charge >= 0.3 is 0 Å². The monoisotopic (exact) mass is 316 g/mol. The largest absolute Gasteiger partial charge is 0.464 e. The second kappa shape index (κ2) is 3.87. The van der Waals surface area contributed by atoms with Crippen LogP contribution in [0.25, 0.3) is 11.0 Å². The number of hydrogen-bond donors (Lipinski definition) is 0. The maximum Gasteiger partial charge on any atom is 0.190 e. The second-order valence-corrected chi connectivity index (χ2v) is 5.87. The normalized spacial score (nSPS) is 11.1. The summed E-state index contributed by atoms with van der Waals surface area (Å²) in [4.78, 5) is 11.7. The smallest absolute Gasteiger partial charge is 0.190 e. The van der Waals surface area contributed by atoms with E-state index >= 15 is 0 Å². The molecule has 0 aliphatic carbocycles. The van der Waals surface area contributed by atoms with Crippen molar-refractivity contribution in [2.75, 3.05) is 0 Å². The maximum absolute atomic E-state index is 11.7. The van der Waals surface area contributed by atoms with Crippen molar-refractivity contribution in [1.82, 2.24) is 0 Å². The number of furan rings is 1. The molecule has 0 amide bonds. The molecule has 2 nitrogen and oxygen atoms in total. The van der Waals surface area contributed by atoms with Crippen LogP contribution in [0.3, 0.4) is 0 Å². The molecule has 0 atom stereocenters. The van der Waals surface area contributed by atoms with E-state index in [9.17, 15) is 4.79 Å². The van der Waals surface area contributed by atoms with Crippen LogP contribution in [-0.4, -0.2) is 9.52 Å². The topological polar surface area (TPSA) is 30.2 Å². The molecule has 1 aromatic carbocycles. The first-order valence-corrected chi connectivity index (χ1v) is 5.82. The van der Waals surface area contributed by atoms with E-state index in [4.69, 9.17) is 4.42 Å². The highest BCUT2D eigenvalue weighted by molar-refractivity contribution is 9.25. The Morgan fingerprint density at radius 3 is 2.71 bits per heavy atom. The minimum atomic E-state index is -0.365. The third-order valence-corrected chi connectivity index (χ3v) is 2.78. The molecule has 2 rings (SSSR count). The van der Waals surface area contributed by atoms with E-state index in [0.717, 1.165) is 11.0 Å². The zero-order chi connectivity index (χ0) is 10.1. The highest BCUT2D eigenvalue weighted by Crippen LogP contribution is 2.25. The average molecular weight is 318 g/mol. The van der Waals surface area contributed by atoms with E-state index in [-0.39, 0.29) is 9.52 Å². The number of benzene rings is 1. The van der Waals surface area contributed by atoms with Crippen molar-refractivity contribution in [3.05, 3.63) is 36.1 Å². The first-order valence-electron chi connectivity index (χ1n) is 3.99. The van der Waals surface area contributed by atoms with Crippen LogP contribution >= 0.6 is 31.9 Å². The summed E-state index contributed by atoms with van der Waals surface area (Å²) < 4.78 is 4.89. The molecule has 1 aromatic heterocycles. The third kappa shape index (κ3) is 1.64. The van der Waals surface area contributed by atoms with Crippen LogP contribution in [0.5, 0.6) is 0 Å². The highest BCUT2D eigenvalue weighted by Gasteiger charge is 2.18. The van der Waals surface area contributed by atoms with E-state index in [1.165, 1.54) is 6.26 Å². The molecule has 0 saturated carbocycles. The number of ketones is 1. The van der Waals surface area contributed by atoms with Crippen LogP contribution in [0, 0.1) is 0 Å². The number of rotatable bonds is 2. The molecule has 0 bridgehead atoms. The van der Waals surface area contributed by atoms with Gasteiger partial charge in [0.2, 0.25) is 0 Å². The summed E-state index contributed by atoms with van der Waals surface area (Å²) >= 11 is 6.34. The van der Waals surface area contributed by atoms with Crippen molar-refractivity contribution in [2.24, 2.45) is 0 Å². The van der Waals surface area contributed by atoms with Gasteiger partial charge in [-0.15, -0.1) is 0 Å². The van der Waals surface area contributed by atoms with Crippen molar-refractivity contribution < 1.29 is 9.21 Å². The van der Waals surface area contributed by atoms with Crippen LogP contribution < -0.4 is 0 Å². The molecule has 0 fully saturated rings. The first-order chi connectivity index (χ1) is 6.70. The third-order valence-electron chi connectivity index (χ3n) is 1.94. The Morgan fingerprint density at radius 1 is 1.29 bits per heavy atom. The Morgan fingerprint density at radius 2 is 2.00 bits per heavy atom. The molecule has 1 heterocycles. The second-order valence-electron chi connectivity index (χ2n) is 2.81. The van der Waals surface area contributed by atoms with E-state index < -0.39 is 0 Å². The van der Waals surface area contributed by atoms with E-state index in [2.05, 4.69) is 31.9 Å². The minimum Gasteiger partial charge on any atom is -0.464 e. The predicted octanol–water partition coefficient (Wildman–Crippen LogP) is 3.73. The molecular weight excluding hydrogens is 312 g/mol.